The Morgan fingerprint density at radius 3 is 2.27 bits per heavy atom. The molecule has 0 fully saturated rings. The number of fused-ring (bicyclic) bond motifs is 12. The molecule has 0 radical (unpaired) electrons. The van der Waals surface area contributed by atoms with Crippen molar-refractivity contribution in [1.29, 1.82) is 0 Å². The zero-order valence-corrected chi connectivity index (χ0v) is 22.7. The standard InChI is InChI=1S/C39H30N/c1-26-11-3-2-4-13-28-23-38-29(24-37(28)34-18-10-9-17-33(34)32-16-8-7-14-30(26)32)25-40-22-21-35-31-15-6-5-12-27(31)19-20-36(35)39(38)40/h5-10,12,14-24,26H,3,11,13,25H2,1H3/q+1. The average Bonchev–Trinajstić information content (AvgIpc) is 3.37. The van der Waals surface area contributed by atoms with Crippen molar-refractivity contribution in [2.24, 2.45) is 0 Å². The quantitative estimate of drug-likeness (QED) is 0.108. The fourth-order valence-electron chi connectivity index (χ4n) is 6.94. The van der Waals surface area contributed by atoms with Crippen molar-refractivity contribution < 1.29 is 4.57 Å². The molecule has 0 spiro atoms. The molecule has 40 heavy (non-hydrogen) atoms. The van der Waals surface area contributed by atoms with Crippen LogP contribution in [0.5, 0.6) is 0 Å². The Labute approximate surface area is 235 Å². The van der Waals surface area contributed by atoms with Gasteiger partial charge < -0.3 is 0 Å². The van der Waals surface area contributed by atoms with Crippen LogP contribution in [0.1, 0.15) is 42.4 Å². The van der Waals surface area contributed by atoms with Crippen LogP contribution in [0.2, 0.25) is 0 Å². The molecule has 1 aromatic heterocycles. The summed E-state index contributed by atoms with van der Waals surface area (Å²) in [6.45, 7) is 3.24. The van der Waals surface area contributed by atoms with Crippen LogP contribution < -0.4 is 4.57 Å². The Bertz CT molecular complexity index is 2030. The second-order valence-corrected chi connectivity index (χ2v) is 11.3. The maximum absolute atomic E-state index is 3.55. The maximum Gasteiger partial charge on any atom is 0.221 e. The summed E-state index contributed by atoms with van der Waals surface area (Å²) in [6, 6.07) is 38.4. The molecule has 0 amide bonds. The first-order chi connectivity index (χ1) is 19.8. The fourth-order valence-corrected chi connectivity index (χ4v) is 6.94. The molecule has 5 aromatic carbocycles. The van der Waals surface area contributed by atoms with Gasteiger partial charge in [0, 0.05) is 29.9 Å². The van der Waals surface area contributed by atoms with E-state index >= 15 is 0 Å². The molecule has 1 heteroatoms. The predicted molar refractivity (Wildman–Crippen MR) is 166 cm³/mol. The lowest BCUT2D eigenvalue weighted by atomic mass is 9.83. The lowest BCUT2D eigenvalue weighted by Gasteiger charge is -2.20. The van der Waals surface area contributed by atoms with Crippen molar-refractivity contribution >= 4 is 21.5 Å². The second-order valence-electron chi connectivity index (χ2n) is 11.3. The first-order valence-corrected chi connectivity index (χ1v) is 14.4. The van der Waals surface area contributed by atoms with Crippen molar-refractivity contribution in [2.75, 3.05) is 0 Å². The minimum Gasteiger partial charge on any atom is -0.193 e. The minimum absolute atomic E-state index is 0.465. The number of pyridine rings is 1. The molecule has 1 atom stereocenters. The van der Waals surface area contributed by atoms with E-state index in [1.54, 1.807) is 0 Å². The summed E-state index contributed by atoms with van der Waals surface area (Å²) < 4.78 is 2.43. The molecule has 0 N–H and O–H groups in total. The molecule has 2 aliphatic rings. The predicted octanol–water partition coefficient (Wildman–Crippen LogP) is 9.09. The number of nitrogens with zero attached hydrogens (tertiary/aromatic N) is 1. The Morgan fingerprint density at radius 1 is 0.625 bits per heavy atom. The van der Waals surface area contributed by atoms with Crippen LogP contribution in [-0.2, 0) is 13.0 Å². The molecular weight excluding hydrogens is 482 g/mol. The van der Waals surface area contributed by atoms with Gasteiger partial charge in [-0.1, -0.05) is 91.7 Å². The van der Waals surface area contributed by atoms with Gasteiger partial charge in [-0.25, -0.2) is 0 Å². The van der Waals surface area contributed by atoms with Crippen molar-refractivity contribution in [3.63, 3.8) is 0 Å². The third-order valence-electron chi connectivity index (χ3n) is 8.96. The van der Waals surface area contributed by atoms with E-state index in [4.69, 9.17) is 0 Å². The number of aromatic nitrogens is 1. The van der Waals surface area contributed by atoms with Crippen molar-refractivity contribution in [2.45, 2.75) is 38.6 Å². The van der Waals surface area contributed by atoms with Crippen LogP contribution in [-0.4, -0.2) is 0 Å². The molecule has 2 heterocycles. The summed E-state index contributed by atoms with van der Waals surface area (Å²) in [5, 5.41) is 5.25. The molecule has 1 nitrogen and oxygen atoms in total. The van der Waals surface area contributed by atoms with Crippen LogP contribution in [0.25, 0.3) is 55.1 Å². The highest BCUT2D eigenvalue weighted by Crippen LogP contribution is 2.43. The van der Waals surface area contributed by atoms with Gasteiger partial charge in [0.1, 0.15) is 0 Å². The van der Waals surface area contributed by atoms with Crippen LogP contribution in [0.3, 0.4) is 0 Å². The first-order valence-electron chi connectivity index (χ1n) is 14.4. The highest BCUT2D eigenvalue weighted by Gasteiger charge is 2.30. The van der Waals surface area contributed by atoms with Crippen molar-refractivity contribution in [3.8, 4) is 45.4 Å². The fraction of sp³-hybridized carbons (Fsp3) is 0.154. The molecule has 190 valence electrons. The zero-order chi connectivity index (χ0) is 26.6. The molecular formula is C39H30N+. The van der Waals surface area contributed by atoms with Gasteiger partial charge in [0.05, 0.1) is 10.9 Å². The molecule has 1 aliphatic carbocycles. The SMILES string of the molecule is CC1CCC#CCc2cc3c(cc2-c2ccccc2-c2ccccc21)C[n+]1ccc2c(ccc4ccccc42)c1-3. The van der Waals surface area contributed by atoms with Crippen molar-refractivity contribution in [3.05, 3.63) is 126 Å². The Morgan fingerprint density at radius 2 is 1.38 bits per heavy atom. The summed E-state index contributed by atoms with van der Waals surface area (Å²) in [6.07, 6.45) is 5.04. The average molecular weight is 513 g/mol. The molecule has 6 aromatic rings. The van der Waals surface area contributed by atoms with E-state index in [1.165, 1.54) is 71.7 Å². The topological polar surface area (TPSA) is 3.88 Å². The van der Waals surface area contributed by atoms with Gasteiger partial charge in [0.15, 0.2) is 12.7 Å². The molecule has 1 unspecified atom stereocenters. The second kappa shape index (κ2) is 9.22. The molecule has 0 saturated carbocycles. The monoisotopic (exact) mass is 512 g/mol. The van der Waals surface area contributed by atoms with Gasteiger partial charge in [-0.3, -0.25) is 0 Å². The summed E-state index contributed by atoms with van der Waals surface area (Å²) in [7, 11) is 0. The van der Waals surface area contributed by atoms with Gasteiger partial charge in [-0.15, -0.1) is 5.92 Å². The van der Waals surface area contributed by atoms with Crippen molar-refractivity contribution in [1.82, 2.24) is 0 Å². The van der Waals surface area contributed by atoms with Gasteiger partial charge in [-0.2, -0.15) is 4.57 Å². The van der Waals surface area contributed by atoms with E-state index in [1.807, 2.05) is 0 Å². The number of hydrogen-bond acceptors (Lipinski definition) is 0. The first kappa shape index (κ1) is 23.2. The van der Waals surface area contributed by atoms with E-state index < -0.39 is 0 Å². The number of hydrogen-bond donors (Lipinski definition) is 0. The third-order valence-corrected chi connectivity index (χ3v) is 8.96. The van der Waals surface area contributed by atoms with Crippen LogP contribution >= 0.6 is 0 Å². The van der Waals surface area contributed by atoms with E-state index in [9.17, 15) is 0 Å². The summed E-state index contributed by atoms with van der Waals surface area (Å²) in [4.78, 5) is 0. The van der Waals surface area contributed by atoms with E-state index in [2.05, 4.69) is 133 Å². The molecule has 0 bridgehead atoms. The number of rotatable bonds is 0. The van der Waals surface area contributed by atoms with Gasteiger partial charge >= 0.3 is 0 Å². The Balaban J connectivity index is 1.38. The Kier molecular flexibility index (Phi) is 5.35. The van der Waals surface area contributed by atoms with E-state index in [0.717, 1.165) is 25.8 Å². The van der Waals surface area contributed by atoms with Gasteiger partial charge in [-0.05, 0) is 74.7 Å². The molecule has 1 aliphatic heterocycles. The number of benzene rings is 5. The lowest BCUT2D eigenvalue weighted by molar-refractivity contribution is -0.671. The smallest absolute Gasteiger partial charge is 0.193 e. The molecule has 8 rings (SSSR count). The summed E-state index contributed by atoms with van der Waals surface area (Å²) in [5.41, 5.74) is 12.1. The largest absolute Gasteiger partial charge is 0.221 e. The third kappa shape index (κ3) is 3.60. The summed E-state index contributed by atoms with van der Waals surface area (Å²) >= 11 is 0. The van der Waals surface area contributed by atoms with Crippen LogP contribution in [0.4, 0.5) is 0 Å². The van der Waals surface area contributed by atoms with Gasteiger partial charge in [0.25, 0.3) is 0 Å². The summed E-state index contributed by atoms with van der Waals surface area (Å²) in [5.74, 6) is 7.53. The molecule has 0 saturated heterocycles. The maximum atomic E-state index is 3.55. The lowest BCUT2D eigenvalue weighted by Crippen LogP contribution is -2.31. The zero-order valence-electron chi connectivity index (χ0n) is 22.7. The Hall–Kier alpha value is -4.67. The van der Waals surface area contributed by atoms with Crippen LogP contribution in [0.15, 0.2) is 109 Å². The highest BCUT2D eigenvalue weighted by molar-refractivity contribution is 6.11. The van der Waals surface area contributed by atoms with Crippen LogP contribution in [0, 0.1) is 11.8 Å². The highest BCUT2D eigenvalue weighted by atomic mass is 15.0. The normalized spacial score (nSPS) is 15.5. The van der Waals surface area contributed by atoms with Gasteiger partial charge in [0.2, 0.25) is 5.69 Å². The van der Waals surface area contributed by atoms with E-state index in [0.29, 0.717) is 5.92 Å². The van der Waals surface area contributed by atoms with E-state index in [-0.39, 0.29) is 0 Å². The minimum atomic E-state index is 0.465.